The molecule has 0 aliphatic carbocycles. The highest BCUT2D eigenvalue weighted by Gasteiger charge is 2.24. The predicted octanol–water partition coefficient (Wildman–Crippen LogP) is 6.53. The summed E-state index contributed by atoms with van der Waals surface area (Å²) in [5.74, 6) is -0.189. The van der Waals surface area contributed by atoms with Crippen LogP contribution < -0.4 is 10.1 Å². The van der Waals surface area contributed by atoms with E-state index in [0.717, 1.165) is 66.0 Å². The van der Waals surface area contributed by atoms with E-state index in [4.69, 9.17) is 9.84 Å². The van der Waals surface area contributed by atoms with Crippen LogP contribution >= 0.6 is 11.8 Å². The van der Waals surface area contributed by atoms with E-state index >= 15 is 0 Å². The fraction of sp³-hybridized carbons (Fsp3) is 0.423. The zero-order valence-electron chi connectivity index (χ0n) is 18.8. The van der Waals surface area contributed by atoms with Gasteiger partial charge in [-0.05, 0) is 65.2 Å². The van der Waals surface area contributed by atoms with E-state index in [-0.39, 0.29) is 11.1 Å². The molecule has 0 bridgehead atoms. The van der Waals surface area contributed by atoms with E-state index < -0.39 is 5.97 Å². The van der Waals surface area contributed by atoms with E-state index in [1.165, 1.54) is 25.7 Å². The molecule has 1 saturated heterocycles. The highest BCUT2D eigenvalue weighted by Crippen LogP contribution is 2.28. The molecule has 2 N–H and O–H groups in total. The van der Waals surface area contributed by atoms with Gasteiger partial charge in [-0.3, -0.25) is 19.7 Å². The average Bonchev–Trinajstić information content (AvgIpc) is 3.10. The minimum atomic E-state index is -0.696. The summed E-state index contributed by atoms with van der Waals surface area (Å²) < 4.78 is 5.92. The number of hydrogen-bond acceptors (Lipinski definition) is 5. The second-order valence-electron chi connectivity index (χ2n) is 8.29. The van der Waals surface area contributed by atoms with Gasteiger partial charge in [-0.2, -0.15) is 0 Å². The first-order valence-electron chi connectivity index (χ1n) is 11.6. The van der Waals surface area contributed by atoms with Crippen LogP contribution in [0, 0.1) is 0 Å². The second kappa shape index (κ2) is 13.0. The number of imide groups is 1. The van der Waals surface area contributed by atoms with Crippen LogP contribution in [-0.2, 0) is 9.59 Å². The highest BCUT2D eigenvalue weighted by atomic mass is 32.2. The number of hydrogen-bond donors (Lipinski definition) is 2. The average molecular weight is 470 g/mol. The molecule has 6 nitrogen and oxygen atoms in total. The van der Waals surface area contributed by atoms with Crippen molar-refractivity contribution in [1.29, 1.82) is 0 Å². The van der Waals surface area contributed by atoms with Crippen LogP contribution in [0.3, 0.4) is 0 Å². The summed E-state index contributed by atoms with van der Waals surface area (Å²) in [6.45, 7) is 0.700. The standard InChI is InChI=1S/C26H31NO5S/c28-24(29)10-8-6-4-2-1-3-5-7-9-15-32-22-14-13-20-16-19(11-12-21(20)18-22)17-23-25(30)27-26(31)33-23/h11-14,16-18H,1-10,15H2,(H,28,29)(H,27,30,31)/b23-17+. The van der Waals surface area contributed by atoms with E-state index in [0.29, 0.717) is 17.9 Å². The van der Waals surface area contributed by atoms with Crippen LogP contribution in [0.4, 0.5) is 4.79 Å². The van der Waals surface area contributed by atoms with Gasteiger partial charge >= 0.3 is 5.97 Å². The normalized spacial score (nSPS) is 14.7. The Balaban J connectivity index is 1.33. The van der Waals surface area contributed by atoms with Crippen molar-refractivity contribution in [1.82, 2.24) is 5.32 Å². The number of carboxylic acids is 1. The minimum absolute atomic E-state index is 0.291. The summed E-state index contributed by atoms with van der Waals surface area (Å²) in [5, 5.41) is 12.7. The monoisotopic (exact) mass is 469 g/mol. The van der Waals surface area contributed by atoms with Crippen molar-refractivity contribution in [2.24, 2.45) is 0 Å². The molecule has 176 valence electrons. The van der Waals surface area contributed by atoms with Crippen LogP contribution in [-0.4, -0.2) is 28.8 Å². The molecule has 0 aromatic heterocycles. The lowest BCUT2D eigenvalue weighted by Crippen LogP contribution is -2.17. The Morgan fingerprint density at radius 2 is 1.52 bits per heavy atom. The zero-order chi connectivity index (χ0) is 23.5. The molecule has 7 heteroatoms. The lowest BCUT2D eigenvalue weighted by Gasteiger charge is -2.08. The number of nitrogens with one attached hydrogen (secondary N) is 1. The number of amides is 2. The number of carboxylic acid groups (broad SMARTS) is 1. The van der Waals surface area contributed by atoms with Crippen molar-refractivity contribution in [3.05, 3.63) is 46.9 Å². The van der Waals surface area contributed by atoms with Crippen LogP contribution in [0.1, 0.15) is 69.8 Å². The summed E-state index contributed by atoms with van der Waals surface area (Å²) in [7, 11) is 0. The van der Waals surface area contributed by atoms with Gasteiger partial charge in [-0.25, -0.2) is 0 Å². The largest absolute Gasteiger partial charge is 0.494 e. The molecule has 2 amide bonds. The summed E-state index contributed by atoms with van der Waals surface area (Å²) in [6, 6.07) is 11.9. The van der Waals surface area contributed by atoms with Gasteiger partial charge in [-0.1, -0.05) is 63.1 Å². The van der Waals surface area contributed by atoms with Crippen molar-refractivity contribution in [2.45, 2.75) is 64.2 Å². The number of ether oxygens (including phenoxy) is 1. The van der Waals surface area contributed by atoms with Gasteiger partial charge < -0.3 is 9.84 Å². The number of aliphatic carboxylic acids is 1. The Kier molecular flexibility index (Phi) is 9.81. The van der Waals surface area contributed by atoms with Crippen molar-refractivity contribution < 1.29 is 24.2 Å². The van der Waals surface area contributed by atoms with Crippen LogP contribution in [0.2, 0.25) is 0 Å². The smallest absolute Gasteiger partial charge is 0.303 e. The molecule has 1 aliphatic heterocycles. The number of carbonyl (C=O) groups excluding carboxylic acids is 2. The topological polar surface area (TPSA) is 92.7 Å². The van der Waals surface area contributed by atoms with Gasteiger partial charge in [0.2, 0.25) is 0 Å². The maximum Gasteiger partial charge on any atom is 0.303 e. The summed E-state index contributed by atoms with van der Waals surface area (Å²) in [4.78, 5) is 33.9. The lowest BCUT2D eigenvalue weighted by atomic mass is 10.1. The number of fused-ring (bicyclic) bond motifs is 1. The molecule has 0 radical (unpaired) electrons. The van der Waals surface area contributed by atoms with Crippen molar-refractivity contribution in [3.8, 4) is 5.75 Å². The minimum Gasteiger partial charge on any atom is -0.494 e. The molecule has 1 heterocycles. The Labute approximate surface area is 198 Å². The Morgan fingerprint density at radius 3 is 2.18 bits per heavy atom. The van der Waals surface area contributed by atoms with Gasteiger partial charge in [-0.15, -0.1) is 0 Å². The zero-order valence-corrected chi connectivity index (χ0v) is 19.6. The molecule has 33 heavy (non-hydrogen) atoms. The number of thioether (sulfide) groups is 1. The van der Waals surface area contributed by atoms with E-state index in [1.807, 2.05) is 36.4 Å². The van der Waals surface area contributed by atoms with Gasteiger partial charge in [0, 0.05) is 6.42 Å². The molecule has 3 rings (SSSR count). The maximum atomic E-state index is 11.7. The first-order chi connectivity index (χ1) is 16.0. The Morgan fingerprint density at radius 1 is 0.879 bits per heavy atom. The Hall–Kier alpha value is -2.80. The number of rotatable bonds is 14. The SMILES string of the molecule is O=C(O)CCCCCCCCCCCOc1ccc2cc(/C=C3/SC(=O)NC3=O)ccc2c1. The third-order valence-electron chi connectivity index (χ3n) is 5.58. The number of carbonyl (C=O) groups is 3. The van der Waals surface area contributed by atoms with Gasteiger partial charge in [0.25, 0.3) is 11.1 Å². The number of benzene rings is 2. The highest BCUT2D eigenvalue weighted by molar-refractivity contribution is 8.18. The Bertz CT molecular complexity index is 1020. The van der Waals surface area contributed by atoms with Crippen LogP contribution in [0.5, 0.6) is 5.75 Å². The molecular formula is C26H31NO5S. The third-order valence-corrected chi connectivity index (χ3v) is 6.39. The van der Waals surface area contributed by atoms with Crippen molar-refractivity contribution in [3.63, 3.8) is 0 Å². The fourth-order valence-electron chi connectivity index (χ4n) is 3.80. The van der Waals surface area contributed by atoms with Crippen LogP contribution in [0.15, 0.2) is 41.3 Å². The molecule has 2 aromatic carbocycles. The quantitative estimate of drug-likeness (QED) is 0.241. The van der Waals surface area contributed by atoms with E-state index in [1.54, 1.807) is 6.08 Å². The first-order valence-corrected chi connectivity index (χ1v) is 12.5. The summed E-state index contributed by atoms with van der Waals surface area (Å²) in [6.07, 6.45) is 12.0. The molecule has 2 aromatic rings. The van der Waals surface area contributed by atoms with Crippen molar-refractivity contribution in [2.75, 3.05) is 6.61 Å². The second-order valence-corrected chi connectivity index (χ2v) is 9.31. The third kappa shape index (κ3) is 8.57. The molecule has 1 fully saturated rings. The van der Waals surface area contributed by atoms with Crippen molar-refractivity contribution >= 4 is 45.7 Å². The molecule has 1 aliphatic rings. The summed E-state index contributed by atoms with van der Waals surface area (Å²) >= 11 is 0.922. The van der Waals surface area contributed by atoms with Gasteiger partial charge in [0.1, 0.15) is 5.75 Å². The lowest BCUT2D eigenvalue weighted by molar-refractivity contribution is -0.137. The molecule has 0 unspecified atom stereocenters. The fourth-order valence-corrected chi connectivity index (χ4v) is 4.48. The van der Waals surface area contributed by atoms with Crippen LogP contribution in [0.25, 0.3) is 16.8 Å². The molecule has 0 spiro atoms. The van der Waals surface area contributed by atoms with Gasteiger partial charge in [0.15, 0.2) is 0 Å². The maximum absolute atomic E-state index is 11.7. The number of unbranched alkanes of at least 4 members (excludes halogenated alkanes) is 8. The van der Waals surface area contributed by atoms with Gasteiger partial charge in [0.05, 0.1) is 11.5 Å². The molecular weight excluding hydrogens is 438 g/mol. The molecule has 0 atom stereocenters. The predicted molar refractivity (Wildman–Crippen MR) is 132 cm³/mol. The summed E-state index contributed by atoms with van der Waals surface area (Å²) in [5.41, 5.74) is 0.878. The first kappa shape index (κ1) is 24.8. The molecule has 0 saturated carbocycles. The van der Waals surface area contributed by atoms with E-state index in [9.17, 15) is 14.4 Å². The van der Waals surface area contributed by atoms with E-state index in [2.05, 4.69) is 5.32 Å².